The van der Waals surface area contributed by atoms with Crippen molar-refractivity contribution in [2.45, 2.75) is 31.8 Å². The first-order valence-electron chi connectivity index (χ1n) is 7.56. The fraction of sp³-hybridized carbons (Fsp3) is 0.625. The molecule has 1 N–H and O–H groups in total. The number of nitrogens with zero attached hydrogens (tertiary/aromatic N) is 2. The van der Waals surface area contributed by atoms with Crippen LogP contribution in [0.25, 0.3) is 0 Å². The molecule has 104 valence electrons. The van der Waals surface area contributed by atoms with E-state index < -0.39 is 0 Å². The van der Waals surface area contributed by atoms with Gasteiger partial charge in [0.05, 0.1) is 0 Å². The van der Waals surface area contributed by atoms with E-state index in [1.165, 1.54) is 50.1 Å². The molecule has 1 aromatic carbocycles. The molecule has 0 bridgehead atoms. The Hall–Kier alpha value is -1.06. The van der Waals surface area contributed by atoms with E-state index in [-0.39, 0.29) is 0 Å². The van der Waals surface area contributed by atoms with Crippen LogP contribution in [0.2, 0.25) is 0 Å². The standard InChI is InChI=1S/C16H25N3/c1-18-11-8-16(13-18)17-15-6-4-14(5-7-15)12-19-9-2-3-10-19/h4-7,16-17H,2-3,8-13H2,1H3. The summed E-state index contributed by atoms with van der Waals surface area (Å²) >= 11 is 0. The quantitative estimate of drug-likeness (QED) is 0.896. The maximum absolute atomic E-state index is 3.64. The fourth-order valence-electron chi connectivity index (χ4n) is 3.19. The maximum atomic E-state index is 3.64. The van der Waals surface area contributed by atoms with Crippen molar-refractivity contribution in [1.82, 2.24) is 9.80 Å². The highest BCUT2D eigenvalue weighted by Gasteiger charge is 2.18. The minimum absolute atomic E-state index is 0.620. The van der Waals surface area contributed by atoms with E-state index in [9.17, 15) is 0 Å². The first kappa shape index (κ1) is 12.9. The molecule has 0 saturated carbocycles. The molecule has 2 heterocycles. The highest BCUT2D eigenvalue weighted by Crippen LogP contribution is 2.17. The third-order valence-electron chi connectivity index (χ3n) is 4.32. The highest BCUT2D eigenvalue weighted by atomic mass is 15.2. The first-order valence-corrected chi connectivity index (χ1v) is 7.56. The SMILES string of the molecule is CN1CCC(Nc2ccc(CN3CCCC3)cc2)C1. The molecule has 1 atom stereocenters. The molecule has 3 nitrogen and oxygen atoms in total. The van der Waals surface area contributed by atoms with Crippen molar-refractivity contribution < 1.29 is 0 Å². The van der Waals surface area contributed by atoms with E-state index >= 15 is 0 Å². The molecule has 2 saturated heterocycles. The lowest BCUT2D eigenvalue weighted by molar-refractivity contribution is 0.331. The third kappa shape index (κ3) is 3.48. The largest absolute Gasteiger partial charge is 0.381 e. The number of rotatable bonds is 4. The summed E-state index contributed by atoms with van der Waals surface area (Å²) in [6.45, 7) is 6.04. The van der Waals surface area contributed by atoms with E-state index in [0.29, 0.717) is 6.04 Å². The molecule has 1 aromatic rings. The number of hydrogen-bond acceptors (Lipinski definition) is 3. The number of benzene rings is 1. The van der Waals surface area contributed by atoms with Crippen molar-refractivity contribution in [3.05, 3.63) is 29.8 Å². The molecule has 0 radical (unpaired) electrons. The lowest BCUT2D eigenvalue weighted by Crippen LogP contribution is -2.23. The summed E-state index contributed by atoms with van der Waals surface area (Å²) in [6, 6.07) is 9.65. The van der Waals surface area contributed by atoms with Gasteiger partial charge in [-0.25, -0.2) is 0 Å². The molecule has 0 amide bonds. The van der Waals surface area contributed by atoms with Gasteiger partial charge < -0.3 is 10.2 Å². The normalized spacial score (nSPS) is 25.0. The summed E-state index contributed by atoms with van der Waals surface area (Å²) in [5, 5.41) is 3.64. The Morgan fingerprint density at radius 2 is 1.84 bits per heavy atom. The van der Waals surface area contributed by atoms with Crippen LogP contribution >= 0.6 is 0 Å². The summed E-state index contributed by atoms with van der Waals surface area (Å²) in [7, 11) is 2.20. The average Bonchev–Trinajstić information content (AvgIpc) is 3.04. The van der Waals surface area contributed by atoms with E-state index in [4.69, 9.17) is 0 Å². The Kier molecular flexibility index (Phi) is 4.04. The summed E-state index contributed by atoms with van der Waals surface area (Å²) in [5.74, 6) is 0. The summed E-state index contributed by atoms with van der Waals surface area (Å²) in [4.78, 5) is 4.94. The van der Waals surface area contributed by atoms with Crippen LogP contribution in [-0.4, -0.2) is 49.1 Å². The maximum Gasteiger partial charge on any atom is 0.0400 e. The van der Waals surface area contributed by atoms with Crippen LogP contribution in [0.3, 0.4) is 0 Å². The van der Waals surface area contributed by atoms with Crippen molar-refractivity contribution in [1.29, 1.82) is 0 Å². The zero-order valence-corrected chi connectivity index (χ0v) is 11.9. The molecule has 0 spiro atoms. The van der Waals surface area contributed by atoms with Crippen LogP contribution in [0, 0.1) is 0 Å². The van der Waals surface area contributed by atoms with Gasteiger partial charge >= 0.3 is 0 Å². The van der Waals surface area contributed by atoms with Crippen LogP contribution in [-0.2, 0) is 6.54 Å². The Balaban J connectivity index is 1.53. The number of likely N-dealkylation sites (tertiary alicyclic amines) is 2. The van der Waals surface area contributed by atoms with Crippen LogP contribution in [0.15, 0.2) is 24.3 Å². The molecule has 2 fully saturated rings. The minimum atomic E-state index is 0.620. The van der Waals surface area contributed by atoms with Crippen molar-refractivity contribution in [3.63, 3.8) is 0 Å². The van der Waals surface area contributed by atoms with Gasteiger partial charge in [-0.15, -0.1) is 0 Å². The van der Waals surface area contributed by atoms with Gasteiger partial charge in [0.15, 0.2) is 0 Å². The van der Waals surface area contributed by atoms with Gasteiger partial charge in [0.25, 0.3) is 0 Å². The van der Waals surface area contributed by atoms with Gasteiger partial charge in [-0.1, -0.05) is 12.1 Å². The molecule has 2 aliphatic rings. The number of anilines is 1. The van der Waals surface area contributed by atoms with Crippen LogP contribution in [0.1, 0.15) is 24.8 Å². The highest BCUT2D eigenvalue weighted by molar-refractivity contribution is 5.45. The number of hydrogen-bond donors (Lipinski definition) is 1. The van der Waals surface area contributed by atoms with Crippen molar-refractivity contribution >= 4 is 5.69 Å². The monoisotopic (exact) mass is 259 g/mol. The van der Waals surface area contributed by atoms with Crippen molar-refractivity contribution in [2.24, 2.45) is 0 Å². The Morgan fingerprint density at radius 3 is 2.47 bits per heavy atom. The molecule has 3 heteroatoms. The molecule has 2 aliphatic heterocycles. The molecule has 0 aromatic heterocycles. The van der Waals surface area contributed by atoms with Crippen LogP contribution in [0.5, 0.6) is 0 Å². The van der Waals surface area contributed by atoms with Gasteiger partial charge in [-0.2, -0.15) is 0 Å². The zero-order chi connectivity index (χ0) is 13.1. The van der Waals surface area contributed by atoms with Gasteiger partial charge in [0.1, 0.15) is 0 Å². The Morgan fingerprint density at radius 1 is 1.11 bits per heavy atom. The zero-order valence-electron chi connectivity index (χ0n) is 11.9. The predicted octanol–water partition coefficient (Wildman–Crippen LogP) is 2.40. The lowest BCUT2D eigenvalue weighted by atomic mass is 10.1. The molecule has 19 heavy (non-hydrogen) atoms. The predicted molar refractivity (Wildman–Crippen MR) is 80.5 cm³/mol. The fourth-order valence-corrected chi connectivity index (χ4v) is 3.19. The summed E-state index contributed by atoms with van der Waals surface area (Å²) in [6.07, 6.45) is 4.00. The minimum Gasteiger partial charge on any atom is -0.381 e. The second kappa shape index (κ2) is 5.93. The van der Waals surface area contributed by atoms with Gasteiger partial charge in [0, 0.05) is 24.8 Å². The van der Waals surface area contributed by atoms with E-state index in [1.54, 1.807) is 0 Å². The van der Waals surface area contributed by atoms with Gasteiger partial charge in [0.2, 0.25) is 0 Å². The second-order valence-corrected chi connectivity index (χ2v) is 6.07. The van der Waals surface area contributed by atoms with Gasteiger partial charge in [-0.05, 0) is 63.6 Å². The van der Waals surface area contributed by atoms with E-state index in [0.717, 1.165) is 13.1 Å². The topological polar surface area (TPSA) is 18.5 Å². The van der Waals surface area contributed by atoms with E-state index in [1.807, 2.05) is 0 Å². The molecule has 0 aliphatic carbocycles. The van der Waals surface area contributed by atoms with Crippen molar-refractivity contribution in [2.75, 3.05) is 38.5 Å². The van der Waals surface area contributed by atoms with Crippen molar-refractivity contribution in [3.8, 4) is 0 Å². The molecule has 3 rings (SSSR count). The molecule has 1 unspecified atom stereocenters. The average molecular weight is 259 g/mol. The lowest BCUT2D eigenvalue weighted by Gasteiger charge is -2.17. The summed E-state index contributed by atoms with van der Waals surface area (Å²) in [5.41, 5.74) is 2.71. The van der Waals surface area contributed by atoms with Gasteiger partial charge in [-0.3, -0.25) is 4.90 Å². The molecular weight excluding hydrogens is 234 g/mol. The summed E-state index contributed by atoms with van der Waals surface area (Å²) < 4.78 is 0. The smallest absolute Gasteiger partial charge is 0.0400 e. The number of likely N-dealkylation sites (N-methyl/N-ethyl adjacent to an activating group) is 1. The van der Waals surface area contributed by atoms with E-state index in [2.05, 4.69) is 46.4 Å². The van der Waals surface area contributed by atoms with Crippen LogP contribution < -0.4 is 5.32 Å². The molecular formula is C16H25N3. The second-order valence-electron chi connectivity index (χ2n) is 6.07. The third-order valence-corrected chi connectivity index (χ3v) is 4.32. The van der Waals surface area contributed by atoms with Crippen LogP contribution in [0.4, 0.5) is 5.69 Å². The first-order chi connectivity index (χ1) is 9.29. The Labute approximate surface area is 116 Å². The number of nitrogens with one attached hydrogen (secondary N) is 1. The Bertz CT molecular complexity index is 395.